The molecule has 2 atom stereocenters. The lowest BCUT2D eigenvalue weighted by molar-refractivity contribution is -0.134. The van der Waals surface area contributed by atoms with E-state index in [0.717, 1.165) is 19.4 Å². The number of morpholine rings is 1. The third-order valence-electron chi connectivity index (χ3n) is 3.67. The molecule has 1 aliphatic carbocycles. The van der Waals surface area contributed by atoms with Gasteiger partial charge in [0.15, 0.2) is 0 Å². The number of carbonyl (C=O) groups excluding carboxylic acids is 1. The normalized spacial score (nSPS) is 24.0. The highest BCUT2D eigenvalue weighted by atomic mass is 35.5. The zero-order chi connectivity index (χ0) is 14.8. The molecule has 0 aromatic rings. The predicted octanol–water partition coefficient (Wildman–Crippen LogP) is 0.211. The molecule has 1 saturated heterocycles. The Bertz CT molecular complexity index is 447. The lowest BCUT2D eigenvalue weighted by Crippen LogP contribution is -2.49. The summed E-state index contributed by atoms with van der Waals surface area (Å²) in [6.07, 6.45) is 3.56. The van der Waals surface area contributed by atoms with Crippen LogP contribution in [0, 0.1) is 0 Å². The summed E-state index contributed by atoms with van der Waals surface area (Å²) < 4.78 is 28.2. The summed E-state index contributed by atoms with van der Waals surface area (Å²) in [4.78, 5) is 14.2. The van der Waals surface area contributed by atoms with Crippen LogP contribution < -0.4 is 5.32 Å². The maximum absolute atomic E-state index is 12.5. The maximum atomic E-state index is 12.5. The molecule has 124 valence electrons. The highest BCUT2D eigenvalue weighted by Crippen LogP contribution is 2.30. The Morgan fingerprint density at radius 1 is 1.43 bits per heavy atom. The van der Waals surface area contributed by atoms with Crippen molar-refractivity contribution < 1.29 is 17.9 Å². The van der Waals surface area contributed by atoms with E-state index in [4.69, 9.17) is 4.74 Å². The zero-order valence-electron chi connectivity index (χ0n) is 12.6. The molecule has 2 fully saturated rings. The molecule has 0 radical (unpaired) electrons. The van der Waals surface area contributed by atoms with Crippen molar-refractivity contribution in [2.45, 2.75) is 44.3 Å². The van der Waals surface area contributed by atoms with E-state index in [0.29, 0.717) is 19.6 Å². The Labute approximate surface area is 132 Å². The van der Waals surface area contributed by atoms with Crippen molar-refractivity contribution in [3.63, 3.8) is 0 Å². The Kier molecular flexibility index (Phi) is 6.90. The first kappa shape index (κ1) is 18.7. The van der Waals surface area contributed by atoms with Crippen LogP contribution in [-0.4, -0.2) is 69.1 Å². The topological polar surface area (TPSA) is 75.7 Å². The number of amides is 1. The van der Waals surface area contributed by atoms with E-state index in [-0.39, 0.29) is 42.2 Å². The van der Waals surface area contributed by atoms with Gasteiger partial charge in [-0.2, -0.15) is 0 Å². The molecule has 2 aliphatic rings. The van der Waals surface area contributed by atoms with Gasteiger partial charge in [-0.15, -0.1) is 12.4 Å². The summed E-state index contributed by atoms with van der Waals surface area (Å²) >= 11 is 0. The Morgan fingerprint density at radius 2 is 2.10 bits per heavy atom. The number of carbonyl (C=O) groups is 1. The van der Waals surface area contributed by atoms with Crippen LogP contribution in [0.5, 0.6) is 0 Å². The lowest BCUT2D eigenvalue weighted by atomic mass is 10.1. The SMILES string of the molecule is CC(CS(C)(=O)=O)N(C(=O)CC1COCCN1)C1CC1.Cl. The molecular weight excluding hydrogens is 316 g/mol. The monoisotopic (exact) mass is 340 g/mol. The molecule has 2 unspecified atom stereocenters. The first-order valence-electron chi connectivity index (χ1n) is 7.17. The van der Waals surface area contributed by atoms with Crippen LogP contribution in [0.3, 0.4) is 0 Å². The van der Waals surface area contributed by atoms with E-state index < -0.39 is 9.84 Å². The third-order valence-corrected chi connectivity index (χ3v) is 4.75. The predicted molar refractivity (Wildman–Crippen MR) is 83.5 cm³/mol. The van der Waals surface area contributed by atoms with Crippen LogP contribution in [0.15, 0.2) is 0 Å². The first-order chi connectivity index (χ1) is 9.37. The van der Waals surface area contributed by atoms with Gasteiger partial charge in [0.1, 0.15) is 9.84 Å². The van der Waals surface area contributed by atoms with Gasteiger partial charge in [0, 0.05) is 37.3 Å². The molecule has 0 aromatic heterocycles. The number of sulfone groups is 1. The van der Waals surface area contributed by atoms with Gasteiger partial charge in [-0.05, 0) is 19.8 Å². The number of nitrogens with one attached hydrogen (secondary N) is 1. The number of hydrogen-bond acceptors (Lipinski definition) is 5. The van der Waals surface area contributed by atoms with Gasteiger partial charge < -0.3 is 15.0 Å². The molecule has 1 heterocycles. The Morgan fingerprint density at radius 3 is 2.57 bits per heavy atom. The summed E-state index contributed by atoms with van der Waals surface area (Å²) in [5.74, 6) is 0.0655. The molecule has 1 amide bonds. The number of hydrogen-bond donors (Lipinski definition) is 1. The van der Waals surface area contributed by atoms with Crippen LogP contribution in [0.2, 0.25) is 0 Å². The van der Waals surface area contributed by atoms with Gasteiger partial charge in [-0.25, -0.2) is 8.42 Å². The molecular formula is C13H25ClN2O4S. The van der Waals surface area contributed by atoms with Crippen molar-refractivity contribution in [3.05, 3.63) is 0 Å². The van der Waals surface area contributed by atoms with Crippen LogP contribution >= 0.6 is 12.4 Å². The number of halogens is 1. The van der Waals surface area contributed by atoms with Crippen molar-refractivity contribution in [2.75, 3.05) is 31.8 Å². The third kappa shape index (κ3) is 6.10. The molecule has 8 heteroatoms. The van der Waals surface area contributed by atoms with Crippen LogP contribution in [0.4, 0.5) is 0 Å². The van der Waals surface area contributed by atoms with Crippen LogP contribution in [-0.2, 0) is 19.4 Å². The second kappa shape index (κ2) is 7.76. The molecule has 1 aliphatic heterocycles. The summed E-state index contributed by atoms with van der Waals surface area (Å²) in [7, 11) is -3.07. The molecule has 6 nitrogen and oxygen atoms in total. The summed E-state index contributed by atoms with van der Waals surface area (Å²) in [6.45, 7) is 3.81. The molecule has 1 N–H and O–H groups in total. The second-order valence-corrected chi connectivity index (χ2v) is 8.09. The Balaban J connectivity index is 0.00000220. The fraction of sp³-hybridized carbons (Fsp3) is 0.923. The fourth-order valence-corrected chi connectivity index (χ4v) is 3.78. The van der Waals surface area contributed by atoms with E-state index in [1.165, 1.54) is 6.26 Å². The van der Waals surface area contributed by atoms with E-state index in [1.807, 2.05) is 6.92 Å². The maximum Gasteiger partial charge on any atom is 0.224 e. The minimum atomic E-state index is -3.07. The summed E-state index contributed by atoms with van der Waals surface area (Å²) in [6, 6.07) is 0.0150. The number of nitrogens with zero attached hydrogens (tertiary/aromatic N) is 1. The van der Waals surface area contributed by atoms with Gasteiger partial charge >= 0.3 is 0 Å². The summed E-state index contributed by atoms with van der Waals surface area (Å²) in [5, 5.41) is 3.26. The molecule has 0 bridgehead atoms. The van der Waals surface area contributed by atoms with E-state index in [9.17, 15) is 13.2 Å². The van der Waals surface area contributed by atoms with Crippen molar-refractivity contribution in [1.29, 1.82) is 0 Å². The second-order valence-electron chi connectivity index (χ2n) is 5.90. The molecule has 1 saturated carbocycles. The number of rotatable bonds is 6. The molecule has 0 aromatic carbocycles. The van der Waals surface area contributed by atoms with Gasteiger partial charge in [0.05, 0.1) is 19.0 Å². The van der Waals surface area contributed by atoms with Crippen LogP contribution in [0.25, 0.3) is 0 Å². The van der Waals surface area contributed by atoms with Gasteiger partial charge in [0.2, 0.25) is 5.91 Å². The van der Waals surface area contributed by atoms with Crippen molar-refractivity contribution >= 4 is 28.2 Å². The smallest absolute Gasteiger partial charge is 0.224 e. The lowest BCUT2D eigenvalue weighted by Gasteiger charge is -2.31. The standard InChI is InChI=1S/C13H24N2O4S.ClH/c1-10(9-20(2,17)18)15(12-3-4-12)13(16)7-11-8-19-6-5-14-11;/h10-12,14H,3-9H2,1-2H3;1H. The highest BCUT2D eigenvalue weighted by Gasteiger charge is 2.37. The van der Waals surface area contributed by atoms with Crippen molar-refractivity contribution in [1.82, 2.24) is 10.2 Å². The fourth-order valence-electron chi connectivity index (χ4n) is 2.75. The van der Waals surface area contributed by atoms with E-state index >= 15 is 0 Å². The zero-order valence-corrected chi connectivity index (χ0v) is 14.2. The van der Waals surface area contributed by atoms with E-state index in [2.05, 4.69) is 5.32 Å². The molecule has 2 rings (SSSR count). The Hall–Kier alpha value is -0.370. The van der Waals surface area contributed by atoms with Gasteiger partial charge in [0.25, 0.3) is 0 Å². The average Bonchev–Trinajstić information content (AvgIpc) is 3.12. The van der Waals surface area contributed by atoms with Gasteiger partial charge in [-0.1, -0.05) is 0 Å². The van der Waals surface area contributed by atoms with Crippen molar-refractivity contribution in [3.8, 4) is 0 Å². The number of ether oxygens (including phenoxy) is 1. The summed E-state index contributed by atoms with van der Waals surface area (Å²) in [5.41, 5.74) is 0. The average molecular weight is 341 g/mol. The minimum absolute atomic E-state index is 0. The molecule has 0 spiro atoms. The highest BCUT2D eigenvalue weighted by molar-refractivity contribution is 7.90. The van der Waals surface area contributed by atoms with Crippen molar-refractivity contribution in [2.24, 2.45) is 0 Å². The molecule has 21 heavy (non-hydrogen) atoms. The minimum Gasteiger partial charge on any atom is -0.378 e. The van der Waals surface area contributed by atoms with Gasteiger partial charge in [-0.3, -0.25) is 4.79 Å². The first-order valence-corrected chi connectivity index (χ1v) is 9.23. The quantitative estimate of drug-likeness (QED) is 0.748. The van der Waals surface area contributed by atoms with E-state index in [1.54, 1.807) is 4.90 Å². The largest absolute Gasteiger partial charge is 0.378 e. The van der Waals surface area contributed by atoms with Crippen LogP contribution in [0.1, 0.15) is 26.2 Å².